The fourth-order valence-corrected chi connectivity index (χ4v) is 4.54. The second-order valence-corrected chi connectivity index (χ2v) is 8.50. The van der Waals surface area contributed by atoms with E-state index in [0.717, 1.165) is 46.6 Å². The zero-order valence-electron chi connectivity index (χ0n) is 15.1. The van der Waals surface area contributed by atoms with Gasteiger partial charge in [0.25, 0.3) is 5.91 Å². The number of likely N-dealkylation sites (tertiary alicyclic amines) is 1. The van der Waals surface area contributed by atoms with Crippen molar-refractivity contribution in [1.82, 2.24) is 10.2 Å². The Hall–Kier alpha value is -1.79. The smallest absolute Gasteiger partial charge is 0.253 e. The molecule has 2 aromatic carbocycles. The zero-order valence-corrected chi connectivity index (χ0v) is 17.5. The number of carbonyl (C=O) groups excluding carboxylic acids is 2. The molecule has 27 heavy (non-hydrogen) atoms. The summed E-state index contributed by atoms with van der Waals surface area (Å²) < 4.78 is 1.05. The van der Waals surface area contributed by atoms with Gasteiger partial charge in [-0.05, 0) is 58.6 Å². The molecule has 2 aromatic rings. The Morgan fingerprint density at radius 3 is 2.63 bits per heavy atom. The molecule has 0 atom stereocenters. The Labute approximate surface area is 172 Å². The predicted octanol–water partition coefficient (Wildman–Crippen LogP) is 4.48. The van der Waals surface area contributed by atoms with Crippen molar-refractivity contribution in [1.29, 1.82) is 0 Å². The summed E-state index contributed by atoms with van der Waals surface area (Å²) >= 11 is 5.17. The molecule has 3 rings (SSSR count). The molecule has 1 aliphatic rings. The van der Waals surface area contributed by atoms with Gasteiger partial charge in [0.15, 0.2) is 0 Å². The highest BCUT2D eigenvalue weighted by molar-refractivity contribution is 9.10. The quantitative estimate of drug-likeness (QED) is 0.637. The highest BCUT2D eigenvalue weighted by Gasteiger charge is 2.19. The average molecular weight is 447 g/mol. The summed E-state index contributed by atoms with van der Waals surface area (Å²) in [4.78, 5) is 27.6. The van der Waals surface area contributed by atoms with E-state index in [1.165, 1.54) is 0 Å². The summed E-state index contributed by atoms with van der Waals surface area (Å²) in [5, 5.41) is 2.95. The maximum Gasteiger partial charge on any atom is 0.253 e. The monoisotopic (exact) mass is 446 g/mol. The molecule has 0 aliphatic carbocycles. The van der Waals surface area contributed by atoms with Gasteiger partial charge in [-0.15, -0.1) is 11.8 Å². The highest BCUT2D eigenvalue weighted by Crippen LogP contribution is 2.27. The van der Waals surface area contributed by atoms with Crippen LogP contribution in [0.25, 0.3) is 0 Å². The van der Waals surface area contributed by atoms with Crippen LogP contribution in [0, 0.1) is 0 Å². The summed E-state index contributed by atoms with van der Waals surface area (Å²) in [6.07, 6.45) is 2.62. The maximum absolute atomic E-state index is 12.5. The van der Waals surface area contributed by atoms with Crippen LogP contribution in [0.4, 0.5) is 0 Å². The van der Waals surface area contributed by atoms with Gasteiger partial charge in [-0.1, -0.05) is 24.3 Å². The minimum Gasteiger partial charge on any atom is -0.352 e. The highest BCUT2D eigenvalue weighted by atomic mass is 79.9. The molecule has 1 heterocycles. The fraction of sp³-hybridized carbons (Fsp3) is 0.333. The number of nitrogens with zero attached hydrogens (tertiary/aromatic N) is 1. The predicted molar refractivity (Wildman–Crippen MR) is 113 cm³/mol. The Morgan fingerprint density at radius 2 is 1.85 bits per heavy atom. The molecule has 2 amide bonds. The third-order valence-corrected chi connectivity index (χ3v) is 6.51. The van der Waals surface area contributed by atoms with Crippen LogP contribution in [0.5, 0.6) is 0 Å². The van der Waals surface area contributed by atoms with Crippen molar-refractivity contribution in [3.8, 4) is 0 Å². The van der Waals surface area contributed by atoms with Gasteiger partial charge >= 0.3 is 0 Å². The minimum atomic E-state index is 0.0193. The van der Waals surface area contributed by atoms with Crippen LogP contribution in [-0.4, -0.2) is 35.6 Å². The van der Waals surface area contributed by atoms with Crippen molar-refractivity contribution in [2.24, 2.45) is 0 Å². The first kappa shape index (κ1) is 20.0. The van der Waals surface area contributed by atoms with Crippen molar-refractivity contribution in [2.75, 3.05) is 18.8 Å². The normalized spacial score (nSPS) is 13.6. The Bertz CT molecular complexity index is 806. The zero-order chi connectivity index (χ0) is 19.1. The van der Waals surface area contributed by atoms with Gasteiger partial charge in [-0.3, -0.25) is 9.59 Å². The van der Waals surface area contributed by atoms with E-state index in [1.54, 1.807) is 11.8 Å². The molecule has 142 valence electrons. The Balaban J connectivity index is 1.45. The van der Waals surface area contributed by atoms with Crippen molar-refractivity contribution in [3.63, 3.8) is 0 Å². The molecular formula is C21H23BrN2O2S. The van der Waals surface area contributed by atoms with E-state index in [-0.39, 0.29) is 11.8 Å². The minimum absolute atomic E-state index is 0.0193. The van der Waals surface area contributed by atoms with Crippen LogP contribution < -0.4 is 5.32 Å². The van der Waals surface area contributed by atoms with E-state index in [2.05, 4.69) is 21.2 Å². The molecule has 0 spiro atoms. The van der Waals surface area contributed by atoms with E-state index in [1.807, 2.05) is 53.4 Å². The number of amides is 2. The van der Waals surface area contributed by atoms with Crippen LogP contribution in [0.1, 0.15) is 35.2 Å². The first-order chi connectivity index (χ1) is 13.1. The molecule has 1 saturated heterocycles. The lowest BCUT2D eigenvalue weighted by Crippen LogP contribution is -2.28. The number of carbonyl (C=O) groups is 2. The lowest BCUT2D eigenvalue weighted by Gasteiger charge is -2.15. The van der Waals surface area contributed by atoms with Crippen molar-refractivity contribution >= 4 is 39.5 Å². The topological polar surface area (TPSA) is 49.4 Å². The maximum atomic E-state index is 12.5. The molecule has 4 nitrogen and oxygen atoms in total. The molecule has 0 aromatic heterocycles. The standard InChI is InChI=1S/C21H23BrN2O2S/c22-18-8-1-2-9-19(18)27-13-10-20(25)23-15-16-6-5-7-17(14-16)21(26)24-11-3-4-12-24/h1-2,5-9,14H,3-4,10-13,15H2,(H,23,25). The molecule has 0 radical (unpaired) electrons. The van der Waals surface area contributed by atoms with Gasteiger partial charge in [0.1, 0.15) is 0 Å². The summed E-state index contributed by atoms with van der Waals surface area (Å²) in [6, 6.07) is 15.6. The van der Waals surface area contributed by atoms with Gasteiger partial charge in [-0.2, -0.15) is 0 Å². The Kier molecular flexibility index (Phi) is 7.35. The van der Waals surface area contributed by atoms with Gasteiger partial charge in [0.05, 0.1) is 0 Å². The third kappa shape index (κ3) is 5.84. The molecular weight excluding hydrogens is 424 g/mol. The third-order valence-electron chi connectivity index (χ3n) is 4.48. The summed E-state index contributed by atoms with van der Waals surface area (Å²) in [5.74, 6) is 0.832. The van der Waals surface area contributed by atoms with Crippen LogP contribution in [-0.2, 0) is 11.3 Å². The van der Waals surface area contributed by atoms with Crippen molar-refractivity contribution in [3.05, 3.63) is 64.1 Å². The van der Waals surface area contributed by atoms with E-state index < -0.39 is 0 Å². The van der Waals surface area contributed by atoms with Crippen LogP contribution in [0.2, 0.25) is 0 Å². The molecule has 1 N–H and O–H groups in total. The largest absolute Gasteiger partial charge is 0.352 e. The molecule has 0 unspecified atom stereocenters. The summed E-state index contributed by atoms with van der Waals surface area (Å²) in [5.41, 5.74) is 1.65. The number of halogens is 1. The number of hydrogen-bond donors (Lipinski definition) is 1. The number of rotatable bonds is 7. The van der Waals surface area contributed by atoms with E-state index in [0.29, 0.717) is 18.5 Å². The fourth-order valence-electron chi connectivity index (χ4n) is 3.02. The average Bonchev–Trinajstić information content (AvgIpc) is 3.22. The lowest BCUT2D eigenvalue weighted by molar-refractivity contribution is -0.120. The van der Waals surface area contributed by atoms with Crippen LogP contribution >= 0.6 is 27.7 Å². The number of nitrogens with one attached hydrogen (secondary N) is 1. The summed E-state index contributed by atoms with van der Waals surface area (Å²) in [7, 11) is 0. The van der Waals surface area contributed by atoms with E-state index in [4.69, 9.17) is 0 Å². The summed E-state index contributed by atoms with van der Waals surface area (Å²) in [6.45, 7) is 2.13. The van der Waals surface area contributed by atoms with Crippen LogP contribution in [0.3, 0.4) is 0 Å². The van der Waals surface area contributed by atoms with Gasteiger partial charge in [0.2, 0.25) is 5.91 Å². The van der Waals surface area contributed by atoms with Crippen molar-refractivity contribution in [2.45, 2.75) is 30.7 Å². The van der Waals surface area contributed by atoms with E-state index in [9.17, 15) is 9.59 Å². The van der Waals surface area contributed by atoms with Gasteiger partial charge < -0.3 is 10.2 Å². The Morgan fingerprint density at radius 1 is 1.07 bits per heavy atom. The molecule has 6 heteroatoms. The molecule has 0 bridgehead atoms. The second-order valence-electron chi connectivity index (χ2n) is 6.51. The molecule has 1 fully saturated rings. The number of benzene rings is 2. The van der Waals surface area contributed by atoms with Gasteiger partial charge in [0, 0.05) is 46.7 Å². The second kappa shape index (κ2) is 9.95. The van der Waals surface area contributed by atoms with E-state index >= 15 is 0 Å². The first-order valence-electron chi connectivity index (χ1n) is 9.16. The SMILES string of the molecule is O=C(CCSc1ccccc1Br)NCc1cccc(C(=O)N2CCCC2)c1. The molecule has 0 saturated carbocycles. The first-order valence-corrected chi connectivity index (χ1v) is 10.9. The number of hydrogen-bond acceptors (Lipinski definition) is 3. The van der Waals surface area contributed by atoms with Gasteiger partial charge in [-0.25, -0.2) is 0 Å². The number of thioether (sulfide) groups is 1. The van der Waals surface area contributed by atoms with Crippen molar-refractivity contribution < 1.29 is 9.59 Å². The van der Waals surface area contributed by atoms with Crippen LogP contribution in [0.15, 0.2) is 57.9 Å². The lowest BCUT2D eigenvalue weighted by atomic mass is 10.1. The molecule has 1 aliphatic heterocycles.